The second-order valence-electron chi connectivity index (χ2n) is 0. The molecule has 0 amide bonds. The predicted octanol–water partition coefficient (Wildman–Crippen LogP) is 0.607. The van der Waals surface area contributed by atoms with Crippen LogP contribution in [0.3, 0.4) is 0 Å². The van der Waals surface area contributed by atoms with Crippen LogP contribution in [0.1, 0.15) is 0 Å². The Hall–Kier alpha value is 0.590. The summed E-state index contributed by atoms with van der Waals surface area (Å²) in [6, 6.07) is 0. The van der Waals surface area contributed by atoms with E-state index in [0.29, 0.717) is 0 Å². The molecular weight excluding hydrogens is 121 g/mol. The van der Waals surface area contributed by atoms with Crippen molar-refractivity contribution in [3.8, 4) is 0 Å². The number of hydrogen-bond acceptors (Lipinski definition) is 0. The fraction of sp³-hybridized carbons (Fsp3) is 0. The Bertz CT molecular complexity index is 3.61. The molecule has 0 saturated carbocycles. The van der Waals surface area contributed by atoms with E-state index >= 15 is 0 Å². The molecule has 0 aromatic rings. The maximum absolute atomic E-state index is 0. The summed E-state index contributed by atoms with van der Waals surface area (Å²) in [7, 11) is 0. The van der Waals surface area contributed by atoms with E-state index in [0.717, 1.165) is 0 Å². The third kappa shape index (κ3) is 88.4. The Morgan fingerprint density at radius 1 is 0.400 bits per heavy atom. The van der Waals surface area contributed by atoms with E-state index in [1.165, 1.54) is 0 Å². The molecule has 0 atom stereocenters. The van der Waals surface area contributed by atoms with Crippen LogP contribution in [0.5, 0.6) is 0 Å². The van der Waals surface area contributed by atoms with Crippen LogP contribution < -0.4 is 0 Å². The van der Waals surface area contributed by atoms with Crippen LogP contribution in [0.15, 0.2) is 0 Å². The van der Waals surface area contributed by atoms with E-state index < -0.39 is 0 Å². The van der Waals surface area contributed by atoms with Gasteiger partial charge in [0.05, 0.1) is 0 Å². The van der Waals surface area contributed by atoms with Gasteiger partial charge < -0.3 is 0 Å². The molecular formula is H4F4Sc. The standard InChI is InChI=1S/4FH.Sc/h4*1H;. The summed E-state index contributed by atoms with van der Waals surface area (Å²) in [5.41, 5.74) is 0. The maximum Gasteiger partial charge on any atom is 0 e. The van der Waals surface area contributed by atoms with Crippen LogP contribution in [-0.4, -0.2) is 0 Å². The molecule has 0 fully saturated rings. The molecule has 0 bridgehead atoms. The summed E-state index contributed by atoms with van der Waals surface area (Å²) in [6.07, 6.45) is 0. The van der Waals surface area contributed by atoms with Gasteiger partial charge in [-0.1, -0.05) is 0 Å². The van der Waals surface area contributed by atoms with Gasteiger partial charge in [0.25, 0.3) is 0 Å². The van der Waals surface area contributed by atoms with Gasteiger partial charge in [0.1, 0.15) is 0 Å². The molecule has 0 unspecified atom stereocenters. The number of hydrogen-bond donors (Lipinski definition) is 0. The van der Waals surface area contributed by atoms with Gasteiger partial charge in [-0.3, -0.25) is 18.8 Å². The number of halogens is 4. The molecule has 0 aliphatic carbocycles. The molecule has 0 spiro atoms. The van der Waals surface area contributed by atoms with E-state index in [9.17, 15) is 0 Å². The van der Waals surface area contributed by atoms with Crippen molar-refractivity contribution in [1.29, 1.82) is 0 Å². The first kappa shape index (κ1) is 338. The smallest absolute Gasteiger partial charge is 0 e. The summed E-state index contributed by atoms with van der Waals surface area (Å²) in [5.74, 6) is 0. The molecule has 1 radical (unpaired) electrons. The first-order chi connectivity index (χ1) is 0. The van der Waals surface area contributed by atoms with Crippen molar-refractivity contribution >= 4 is 0 Å². The molecule has 35 valence electrons. The Morgan fingerprint density at radius 3 is 0.400 bits per heavy atom. The zero-order chi connectivity index (χ0) is 0. The molecule has 0 N–H and O–H groups in total. The van der Waals surface area contributed by atoms with Gasteiger partial charge in [-0.25, -0.2) is 0 Å². The fourth-order valence-corrected chi connectivity index (χ4v) is 0. The number of rotatable bonds is 0. The van der Waals surface area contributed by atoms with Crippen LogP contribution >= 0.6 is 0 Å². The monoisotopic (exact) mass is 125 g/mol. The molecule has 5 heteroatoms. The minimum Gasteiger partial charge on any atom is -0.269 e. The molecule has 5 heavy (non-hydrogen) atoms. The van der Waals surface area contributed by atoms with Crippen LogP contribution in [-0.2, 0) is 25.8 Å². The molecule has 0 aliphatic heterocycles. The van der Waals surface area contributed by atoms with Crippen molar-refractivity contribution < 1.29 is 44.7 Å². The third-order valence-corrected chi connectivity index (χ3v) is 0. The molecule has 0 saturated heterocycles. The Kier molecular flexibility index (Phi) is 11500. The molecule has 0 aliphatic rings. The van der Waals surface area contributed by atoms with Crippen molar-refractivity contribution in [1.82, 2.24) is 0 Å². The largest absolute Gasteiger partial charge is 0.269 e. The summed E-state index contributed by atoms with van der Waals surface area (Å²) >= 11 is 0. The van der Waals surface area contributed by atoms with Crippen molar-refractivity contribution in [2.75, 3.05) is 0 Å². The fourth-order valence-electron chi connectivity index (χ4n) is 0. The van der Waals surface area contributed by atoms with Crippen molar-refractivity contribution in [2.45, 2.75) is 0 Å². The SMILES string of the molecule is F.F.F.F.[Sc]. The first-order valence-corrected chi connectivity index (χ1v) is 0. The summed E-state index contributed by atoms with van der Waals surface area (Å²) in [4.78, 5) is 0. The predicted molar refractivity (Wildman–Crippen MR) is 10.0 cm³/mol. The second-order valence-corrected chi connectivity index (χ2v) is 0. The van der Waals surface area contributed by atoms with E-state index in [1.807, 2.05) is 0 Å². The van der Waals surface area contributed by atoms with Crippen molar-refractivity contribution in [2.24, 2.45) is 0 Å². The minimum atomic E-state index is 0. The maximum atomic E-state index is 0. The quantitative estimate of drug-likeness (QED) is 0.416. The van der Waals surface area contributed by atoms with Gasteiger partial charge in [0, 0.05) is 25.8 Å². The van der Waals surface area contributed by atoms with Gasteiger partial charge in [0.15, 0.2) is 0 Å². The average Bonchev–Trinajstić information content (AvgIpc) is 0. The topological polar surface area (TPSA) is 0 Å². The molecule has 0 heterocycles. The zero-order valence-electron chi connectivity index (χ0n) is 2.21. The minimum absolute atomic E-state index is 0. The third-order valence-electron chi connectivity index (χ3n) is 0. The Balaban J connectivity index is 0. The van der Waals surface area contributed by atoms with Crippen molar-refractivity contribution in [3.05, 3.63) is 0 Å². The first-order valence-electron chi connectivity index (χ1n) is 0. The molecule has 0 rings (SSSR count). The van der Waals surface area contributed by atoms with E-state index in [4.69, 9.17) is 0 Å². The van der Waals surface area contributed by atoms with Crippen LogP contribution in [0.25, 0.3) is 0 Å². The summed E-state index contributed by atoms with van der Waals surface area (Å²) < 4.78 is 0. The molecule has 0 aromatic heterocycles. The van der Waals surface area contributed by atoms with Gasteiger partial charge in [0.2, 0.25) is 0 Å². The van der Waals surface area contributed by atoms with Gasteiger partial charge in [-0.2, -0.15) is 0 Å². The van der Waals surface area contributed by atoms with Gasteiger partial charge in [-0.05, 0) is 0 Å². The van der Waals surface area contributed by atoms with E-state index in [-0.39, 0.29) is 44.7 Å². The van der Waals surface area contributed by atoms with E-state index in [1.54, 1.807) is 0 Å². The van der Waals surface area contributed by atoms with Crippen molar-refractivity contribution in [3.63, 3.8) is 0 Å². The Labute approximate surface area is 45.2 Å². The second kappa shape index (κ2) is 170. The zero-order valence-corrected chi connectivity index (χ0v) is 4.01. The average molecular weight is 125 g/mol. The normalized spacial score (nSPS) is 0. The van der Waals surface area contributed by atoms with Gasteiger partial charge >= 0.3 is 0 Å². The Morgan fingerprint density at radius 2 is 0.400 bits per heavy atom. The summed E-state index contributed by atoms with van der Waals surface area (Å²) in [5, 5.41) is 0. The van der Waals surface area contributed by atoms with E-state index in [2.05, 4.69) is 0 Å². The molecule has 0 nitrogen and oxygen atoms in total. The molecule has 0 aromatic carbocycles. The van der Waals surface area contributed by atoms with Gasteiger partial charge in [-0.15, -0.1) is 0 Å². The van der Waals surface area contributed by atoms with Crippen LogP contribution in [0.2, 0.25) is 0 Å². The van der Waals surface area contributed by atoms with Crippen LogP contribution in [0, 0.1) is 0 Å². The summed E-state index contributed by atoms with van der Waals surface area (Å²) in [6.45, 7) is 0. The van der Waals surface area contributed by atoms with Crippen LogP contribution in [0.4, 0.5) is 18.8 Å².